The fraction of sp³-hybridized carbons (Fsp3) is 0.700. The van der Waals surface area contributed by atoms with E-state index in [0.717, 1.165) is 32.2 Å². The van der Waals surface area contributed by atoms with Gasteiger partial charge in [0.25, 0.3) is 0 Å². The summed E-state index contributed by atoms with van der Waals surface area (Å²) in [4.78, 5) is 2.06. The monoisotopic (exact) mass is 273 g/mol. The van der Waals surface area contributed by atoms with Crippen molar-refractivity contribution in [2.45, 2.75) is 17.7 Å². The van der Waals surface area contributed by atoms with Crippen molar-refractivity contribution in [2.24, 2.45) is 11.7 Å². The molecule has 1 aromatic heterocycles. The summed E-state index contributed by atoms with van der Waals surface area (Å²) in [7, 11) is -3.37. The van der Waals surface area contributed by atoms with Gasteiger partial charge in [0.2, 0.25) is 0 Å². The van der Waals surface area contributed by atoms with Crippen molar-refractivity contribution in [2.75, 3.05) is 36.5 Å². The zero-order valence-corrected chi connectivity index (χ0v) is 11.2. The predicted octanol–water partition coefficient (Wildman–Crippen LogP) is -0.429. The molecule has 2 rings (SSSR count). The van der Waals surface area contributed by atoms with E-state index in [4.69, 9.17) is 11.5 Å². The summed E-state index contributed by atoms with van der Waals surface area (Å²) in [5.41, 5.74) is 11.3. The second-order valence-electron chi connectivity index (χ2n) is 4.73. The van der Waals surface area contributed by atoms with Crippen molar-refractivity contribution in [1.82, 2.24) is 10.2 Å². The summed E-state index contributed by atoms with van der Waals surface area (Å²) < 4.78 is 23.4. The molecule has 7 nitrogen and oxygen atoms in total. The molecule has 1 fully saturated rings. The second-order valence-corrected chi connectivity index (χ2v) is 6.68. The maximum absolute atomic E-state index is 11.7. The van der Waals surface area contributed by atoms with E-state index < -0.39 is 9.84 Å². The van der Waals surface area contributed by atoms with Crippen LogP contribution in [0.25, 0.3) is 0 Å². The molecule has 0 saturated carbocycles. The van der Waals surface area contributed by atoms with E-state index in [1.165, 1.54) is 0 Å². The third-order valence-corrected chi connectivity index (χ3v) is 4.49. The lowest BCUT2D eigenvalue weighted by Crippen LogP contribution is -2.36. The van der Waals surface area contributed by atoms with Crippen molar-refractivity contribution >= 4 is 21.5 Å². The van der Waals surface area contributed by atoms with Crippen LogP contribution in [0.1, 0.15) is 12.8 Å². The second kappa shape index (κ2) is 4.77. The van der Waals surface area contributed by atoms with Gasteiger partial charge < -0.3 is 16.4 Å². The van der Waals surface area contributed by atoms with E-state index in [9.17, 15) is 8.42 Å². The number of H-pyrrole nitrogens is 1. The first kappa shape index (κ1) is 13.2. The molecule has 8 heteroatoms. The molecule has 18 heavy (non-hydrogen) atoms. The Kier molecular flexibility index (Phi) is 3.49. The van der Waals surface area contributed by atoms with Gasteiger partial charge in [-0.05, 0) is 25.3 Å². The number of nitrogens with one attached hydrogen (secondary N) is 1. The van der Waals surface area contributed by atoms with Crippen molar-refractivity contribution in [3.8, 4) is 0 Å². The molecule has 0 radical (unpaired) electrons. The Labute approximate surface area is 106 Å². The number of hydrogen-bond donors (Lipinski definition) is 3. The first-order valence-corrected chi connectivity index (χ1v) is 7.81. The van der Waals surface area contributed by atoms with E-state index in [0.29, 0.717) is 18.3 Å². The number of nitrogens with zero attached hydrogens (tertiary/aromatic N) is 2. The molecule has 1 aliphatic heterocycles. The van der Waals surface area contributed by atoms with Crippen LogP contribution in [0, 0.1) is 5.92 Å². The number of nitrogens with two attached hydrogens (primary N) is 2. The van der Waals surface area contributed by atoms with Gasteiger partial charge in [-0.1, -0.05) is 0 Å². The number of rotatable bonds is 3. The number of anilines is 2. The Morgan fingerprint density at radius 1 is 1.44 bits per heavy atom. The Bertz CT molecular complexity index is 516. The minimum absolute atomic E-state index is 0.105. The van der Waals surface area contributed by atoms with Crippen LogP contribution >= 0.6 is 0 Å². The highest BCUT2D eigenvalue weighted by Gasteiger charge is 2.27. The van der Waals surface area contributed by atoms with E-state index in [-0.39, 0.29) is 10.7 Å². The lowest BCUT2D eigenvalue weighted by atomic mass is 9.97. The fourth-order valence-corrected chi connectivity index (χ4v) is 3.25. The topological polar surface area (TPSA) is 118 Å². The Morgan fingerprint density at radius 2 is 2.06 bits per heavy atom. The average Bonchev–Trinajstić information content (AvgIpc) is 2.71. The largest absolute Gasteiger partial charge is 0.383 e. The highest BCUT2D eigenvalue weighted by Crippen LogP contribution is 2.30. The van der Waals surface area contributed by atoms with Gasteiger partial charge in [0.1, 0.15) is 5.82 Å². The minimum Gasteiger partial charge on any atom is -0.383 e. The van der Waals surface area contributed by atoms with Gasteiger partial charge in [-0.25, -0.2) is 8.42 Å². The summed E-state index contributed by atoms with van der Waals surface area (Å²) in [5.74, 6) is 1.05. The van der Waals surface area contributed by atoms with Gasteiger partial charge in [-0.2, -0.15) is 5.10 Å². The Balaban J connectivity index is 2.25. The maximum Gasteiger partial charge on any atom is 0.182 e. The minimum atomic E-state index is -3.37. The van der Waals surface area contributed by atoms with Crippen LogP contribution in [0.4, 0.5) is 11.6 Å². The lowest BCUT2D eigenvalue weighted by molar-refractivity contribution is 0.412. The molecule has 1 saturated heterocycles. The quantitative estimate of drug-likeness (QED) is 0.687. The average molecular weight is 273 g/mol. The molecular weight excluding hydrogens is 254 g/mol. The standard InChI is InChI=1S/C10H19N5O2S/c1-18(16,17)8-9(12)13-14-10(8)15-4-2-7(6-11)3-5-15/h7H,2-6,11H2,1H3,(H3,12,13,14). The summed E-state index contributed by atoms with van der Waals surface area (Å²) in [5, 5.41) is 6.57. The van der Waals surface area contributed by atoms with E-state index in [1.807, 2.05) is 4.90 Å². The van der Waals surface area contributed by atoms with Crippen LogP contribution in [-0.2, 0) is 9.84 Å². The van der Waals surface area contributed by atoms with Gasteiger partial charge >= 0.3 is 0 Å². The number of aromatic amines is 1. The maximum atomic E-state index is 11.7. The summed E-state index contributed by atoms with van der Waals surface area (Å²) >= 11 is 0. The van der Waals surface area contributed by atoms with E-state index in [1.54, 1.807) is 0 Å². The van der Waals surface area contributed by atoms with Gasteiger partial charge in [0.15, 0.2) is 20.6 Å². The van der Waals surface area contributed by atoms with E-state index in [2.05, 4.69) is 10.2 Å². The van der Waals surface area contributed by atoms with Crippen molar-refractivity contribution in [1.29, 1.82) is 0 Å². The third-order valence-electron chi connectivity index (χ3n) is 3.35. The normalized spacial score (nSPS) is 18.2. The molecule has 1 aliphatic rings. The lowest BCUT2D eigenvalue weighted by Gasteiger charge is -2.31. The van der Waals surface area contributed by atoms with Crippen molar-refractivity contribution in [3.63, 3.8) is 0 Å². The van der Waals surface area contributed by atoms with Crippen LogP contribution < -0.4 is 16.4 Å². The van der Waals surface area contributed by atoms with Crippen LogP contribution in [0.3, 0.4) is 0 Å². The molecule has 0 atom stereocenters. The van der Waals surface area contributed by atoms with Crippen LogP contribution in [0.2, 0.25) is 0 Å². The predicted molar refractivity (Wildman–Crippen MR) is 70.1 cm³/mol. The summed E-state index contributed by atoms with van der Waals surface area (Å²) in [6, 6.07) is 0. The highest BCUT2D eigenvalue weighted by atomic mass is 32.2. The van der Waals surface area contributed by atoms with Crippen LogP contribution in [0.5, 0.6) is 0 Å². The molecule has 0 aliphatic carbocycles. The van der Waals surface area contributed by atoms with Crippen LogP contribution in [0.15, 0.2) is 4.90 Å². The Morgan fingerprint density at radius 3 is 2.56 bits per heavy atom. The van der Waals surface area contributed by atoms with Crippen LogP contribution in [-0.4, -0.2) is 44.5 Å². The third kappa shape index (κ3) is 2.44. The first-order chi connectivity index (χ1) is 8.43. The number of hydrogen-bond acceptors (Lipinski definition) is 6. The molecule has 0 aromatic carbocycles. The fourth-order valence-electron chi connectivity index (χ4n) is 2.30. The molecule has 0 spiro atoms. The molecule has 0 bridgehead atoms. The van der Waals surface area contributed by atoms with Crippen molar-refractivity contribution in [3.05, 3.63) is 0 Å². The van der Waals surface area contributed by atoms with Gasteiger partial charge in [0, 0.05) is 19.3 Å². The van der Waals surface area contributed by atoms with Gasteiger partial charge in [-0.15, -0.1) is 0 Å². The molecular formula is C10H19N5O2S. The number of nitrogen functional groups attached to an aromatic ring is 1. The Hall–Kier alpha value is -1.28. The molecule has 0 amide bonds. The molecule has 1 aromatic rings. The molecule has 102 valence electrons. The highest BCUT2D eigenvalue weighted by molar-refractivity contribution is 7.91. The van der Waals surface area contributed by atoms with Crippen molar-refractivity contribution < 1.29 is 8.42 Å². The molecule has 0 unspecified atom stereocenters. The summed E-state index contributed by atoms with van der Waals surface area (Å²) in [6.45, 7) is 2.19. The van der Waals surface area contributed by atoms with Gasteiger partial charge in [-0.3, -0.25) is 5.10 Å². The SMILES string of the molecule is CS(=O)(=O)c1c(N2CCC(CN)CC2)n[nH]c1N. The smallest absolute Gasteiger partial charge is 0.182 e. The first-order valence-electron chi connectivity index (χ1n) is 5.92. The number of sulfone groups is 1. The van der Waals surface area contributed by atoms with E-state index >= 15 is 0 Å². The van der Waals surface area contributed by atoms with Gasteiger partial charge in [0.05, 0.1) is 0 Å². The zero-order chi connectivity index (χ0) is 13.3. The number of aromatic nitrogens is 2. The number of piperidine rings is 1. The molecule has 2 heterocycles. The molecule has 5 N–H and O–H groups in total. The zero-order valence-electron chi connectivity index (χ0n) is 10.4. The summed E-state index contributed by atoms with van der Waals surface area (Å²) in [6.07, 6.45) is 3.04.